The highest BCUT2D eigenvalue weighted by molar-refractivity contribution is 5.84. The molecule has 0 radical (unpaired) electrons. The number of nitrogens with zero attached hydrogens (tertiary/aromatic N) is 2. The lowest BCUT2D eigenvalue weighted by molar-refractivity contribution is -0.140. The average Bonchev–Trinajstić information content (AvgIpc) is 2.43. The first-order valence-electron chi connectivity index (χ1n) is 8.19. The standard InChI is InChI=1S/C16H31N3O2/c1-13(2)14(17)9-11-18(3)16(21)12-19-10-7-5-4-6-8-15(19)20/h13-14H,4-12,17H2,1-3H3. The van der Waals surface area contributed by atoms with Crippen LogP contribution in [0.2, 0.25) is 0 Å². The van der Waals surface area contributed by atoms with Gasteiger partial charge in [0.2, 0.25) is 11.8 Å². The minimum Gasteiger partial charge on any atom is -0.344 e. The Labute approximate surface area is 128 Å². The Kier molecular flexibility index (Phi) is 7.72. The number of carbonyl (C=O) groups is 2. The largest absolute Gasteiger partial charge is 0.344 e. The fourth-order valence-electron chi connectivity index (χ4n) is 2.47. The zero-order valence-corrected chi connectivity index (χ0v) is 13.8. The van der Waals surface area contributed by atoms with Gasteiger partial charge in [0, 0.05) is 32.6 Å². The molecule has 0 aromatic carbocycles. The predicted octanol–water partition coefficient (Wildman–Crippen LogP) is 1.61. The van der Waals surface area contributed by atoms with Crippen molar-refractivity contribution in [3.05, 3.63) is 0 Å². The number of likely N-dealkylation sites (N-methyl/N-ethyl adjacent to an activating group) is 1. The molecule has 0 aliphatic carbocycles. The molecule has 1 saturated heterocycles. The second-order valence-electron chi connectivity index (χ2n) is 6.49. The van der Waals surface area contributed by atoms with Crippen molar-refractivity contribution < 1.29 is 9.59 Å². The number of hydrogen-bond donors (Lipinski definition) is 1. The number of likely N-dealkylation sites (tertiary alicyclic amines) is 1. The van der Waals surface area contributed by atoms with Crippen LogP contribution >= 0.6 is 0 Å². The Hall–Kier alpha value is -1.10. The van der Waals surface area contributed by atoms with Crippen LogP contribution in [0, 0.1) is 5.92 Å². The Morgan fingerprint density at radius 3 is 2.62 bits per heavy atom. The minimum absolute atomic E-state index is 0.0138. The van der Waals surface area contributed by atoms with Crippen LogP contribution in [0.5, 0.6) is 0 Å². The van der Waals surface area contributed by atoms with Gasteiger partial charge in [-0.05, 0) is 25.2 Å². The highest BCUT2D eigenvalue weighted by atomic mass is 16.2. The van der Waals surface area contributed by atoms with Crippen LogP contribution in [0.3, 0.4) is 0 Å². The van der Waals surface area contributed by atoms with Gasteiger partial charge in [-0.2, -0.15) is 0 Å². The third kappa shape index (κ3) is 6.46. The van der Waals surface area contributed by atoms with Crippen LogP contribution in [0.4, 0.5) is 0 Å². The maximum atomic E-state index is 12.2. The second-order valence-corrected chi connectivity index (χ2v) is 6.49. The first kappa shape index (κ1) is 18.0. The molecular weight excluding hydrogens is 266 g/mol. The fraction of sp³-hybridized carbons (Fsp3) is 0.875. The molecule has 122 valence electrons. The molecule has 2 amide bonds. The normalized spacial score (nSPS) is 18.3. The van der Waals surface area contributed by atoms with Crippen LogP contribution in [0.15, 0.2) is 0 Å². The Balaban J connectivity index is 2.40. The predicted molar refractivity (Wildman–Crippen MR) is 84.7 cm³/mol. The van der Waals surface area contributed by atoms with Crippen LogP contribution in [0.25, 0.3) is 0 Å². The number of amides is 2. The van der Waals surface area contributed by atoms with Gasteiger partial charge in [-0.15, -0.1) is 0 Å². The van der Waals surface area contributed by atoms with Gasteiger partial charge < -0.3 is 15.5 Å². The molecule has 1 aliphatic rings. The molecule has 1 aliphatic heterocycles. The van der Waals surface area contributed by atoms with Crippen LogP contribution in [-0.2, 0) is 9.59 Å². The highest BCUT2D eigenvalue weighted by Crippen LogP contribution is 2.12. The van der Waals surface area contributed by atoms with E-state index in [1.807, 2.05) is 0 Å². The number of nitrogens with two attached hydrogens (primary N) is 1. The van der Waals surface area contributed by atoms with E-state index in [0.29, 0.717) is 25.4 Å². The average molecular weight is 297 g/mol. The maximum absolute atomic E-state index is 12.2. The van der Waals surface area contributed by atoms with Crippen molar-refractivity contribution >= 4 is 11.8 Å². The molecule has 1 unspecified atom stereocenters. The molecule has 2 N–H and O–H groups in total. The second kappa shape index (κ2) is 9.03. The summed E-state index contributed by atoms with van der Waals surface area (Å²) < 4.78 is 0. The topological polar surface area (TPSA) is 66.6 Å². The summed E-state index contributed by atoms with van der Waals surface area (Å²) >= 11 is 0. The van der Waals surface area contributed by atoms with Crippen LogP contribution < -0.4 is 5.73 Å². The van der Waals surface area contributed by atoms with Gasteiger partial charge in [0.25, 0.3) is 0 Å². The summed E-state index contributed by atoms with van der Waals surface area (Å²) in [7, 11) is 1.80. The van der Waals surface area contributed by atoms with Crippen molar-refractivity contribution in [2.24, 2.45) is 11.7 Å². The summed E-state index contributed by atoms with van der Waals surface area (Å²) in [6, 6.07) is 0.114. The third-order valence-corrected chi connectivity index (χ3v) is 4.33. The Bertz CT molecular complexity index is 344. The molecule has 0 saturated carbocycles. The quantitative estimate of drug-likeness (QED) is 0.810. The molecule has 1 rings (SSSR count). The first-order chi connectivity index (χ1) is 9.91. The maximum Gasteiger partial charge on any atom is 0.241 e. The molecule has 5 nitrogen and oxygen atoms in total. The van der Waals surface area contributed by atoms with E-state index in [9.17, 15) is 9.59 Å². The van der Waals surface area contributed by atoms with Gasteiger partial charge in [0.15, 0.2) is 0 Å². The molecule has 1 fully saturated rings. The van der Waals surface area contributed by atoms with E-state index >= 15 is 0 Å². The van der Waals surface area contributed by atoms with E-state index in [1.165, 1.54) is 0 Å². The highest BCUT2D eigenvalue weighted by Gasteiger charge is 2.20. The molecule has 1 atom stereocenters. The molecule has 0 aromatic heterocycles. The van der Waals surface area contributed by atoms with Crippen molar-refractivity contribution in [2.45, 2.75) is 58.4 Å². The van der Waals surface area contributed by atoms with Crippen molar-refractivity contribution in [1.82, 2.24) is 9.80 Å². The molecule has 0 aromatic rings. The lowest BCUT2D eigenvalue weighted by atomic mass is 10.0. The summed E-state index contributed by atoms with van der Waals surface area (Å²) in [6.07, 6.45) is 5.60. The van der Waals surface area contributed by atoms with Gasteiger partial charge in [-0.25, -0.2) is 0 Å². The van der Waals surface area contributed by atoms with Crippen molar-refractivity contribution in [3.63, 3.8) is 0 Å². The minimum atomic E-state index is 0.0138. The molecule has 5 heteroatoms. The van der Waals surface area contributed by atoms with E-state index in [-0.39, 0.29) is 24.4 Å². The summed E-state index contributed by atoms with van der Waals surface area (Å²) in [5, 5.41) is 0. The van der Waals surface area contributed by atoms with Crippen molar-refractivity contribution in [3.8, 4) is 0 Å². The molecule has 0 spiro atoms. The molecular formula is C16H31N3O2. The number of carbonyl (C=O) groups excluding carboxylic acids is 2. The van der Waals surface area contributed by atoms with Gasteiger partial charge in [-0.3, -0.25) is 9.59 Å². The SMILES string of the molecule is CC(C)C(N)CCN(C)C(=O)CN1CCCCCCC1=O. The summed E-state index contributed by atoms with van der Waals surface area (Å²) in [5.74, 6) is 0.555. The summed E-state index contributed by atoms with van der Waals surface area (Å²) in [4.78, 5) is 27.7. The molecule has 21 heavy (non-hydrogen) atoms. The van der Waals surface area contributed by atoms with Crippen LogP contribution in [0.1, 0.15) is 52.4 Å². The van der Waals surface area contributed by atoms with Gasteiger partial charge in [-0.1, -0.05) is 26.7 Å². The smallest absolute Gasteiger partial charge is 0.241 e. The van der Waals surface area contributed by atoms with E-state index in [4.69, 9.17) is 5.73 Å². The summed E-state index contributed by atoms with van der Waals surface area (Å²) in [5.41, 5.74) is 6.01. The number of rotatable bonds is 6. The van der Waals surface area contributed by atoms with E-state index in [1.54, 1.807) is 16.8 Å². The monoisotopic (exact) mass is 297 g/mol. The Morgan fingerprint density at radius 2 is 1.95 bits per heavy atom. The van der Waals surface area contributed by atoms with Gasteiger partial charge in [0.1, 0.15) is 0 Å². The zero-order chi connectivity index (χ0) is 15.8. The van der Waals surface area contributed by atoms with E-state index < -0.39 is 0 Å². The van der Waals surface area contributed by atoms with Crippen molar-refractivity contribution in [2.75, 3.05) is 26.7 Å². The lowest BCUT2D eigenvalue weighted by Crippen LogP contribution is -2.43. The first-order valence-corrected chi connectivity index (χ1v) is 8.19. The summed E-state index contributed by atoms with van der Waals surface area (Å²) in [6.45, 7) is 5.76. The zero-order valence-electron chi connectivity index (χ0n) is 13.8. The van der Waals surface area contributed by atoms with E-state index in [0.717, 1.165) is 32.1 Å². The van der Waals surface area contributed by atoms with Gasteiger partial charge >= 0.3 is 0 Å². The van der Waals surface area contributed by atoms with Crippen LogP contribution in [-0.4, -0.2) is 54.3 Å². The molecule has 1 heterocycles. The lowest BCUT2D eigenvalue weighted by Gasteiger charge is -2.27. The van der Waals surface area contributed by atoms with E-state index in [2.05, 4.69) is 13.8 Å². The number of hydrogen-bond acceptors (Lipinski definition) is 3. The molecule has 0 bridgehead atoms. The van der Waals surface area contributed by atoms with Crippen molar-refractivity contribution in [1.29, 1.82) is 0 Å². The van der Waals surface area contributed by atoms with Gasteiger partial charge in [0.05, 0.1) is 6.54 Å². The fourth-order valence-corrected chi connectivity index (χ4v) is 2.47. The third-order valence-electron chi connectivity index (χ3n) is 4.33. The Morgan fingerprint density at radius 1 is 1.29 bits per heavy atom.